The quantitative estimate of drug-likeness (QED) is 0.729. The van der Waals surface area contributed by atoms with Crippen LogP contribution in [0.25, 0.3) is 10.9 Å². The van der Waals surface area contributed by atoms with Gasteiger partial charge in [-0.05, 0) is 25.8 Å². The Kier molecular flexibility index (Phi) is 5.67. The summed E-state index contributed by atoms with van der Waals surface area (Å²) in [6, 6.07) is 8.10. The van der Waals surface area contributed by atoms with Crippen molar-refractivity contribution in [3.05, 3.63) is 47.9 Å². The van der Waals surface area contributed by atoms with Crippen LogP contribution in [0.1, 0.15) is 29.4 Å². The van der Waals surface area contributed by atoms with E-state index in [0.717, 1.165) is 35.0 Å². The molecule has 8 nitrogen and oxygen atoms in total. The van der Waals surface area contributed by atoms with E-state index in [1.807, 2.05) is 49.5 Å². The Hall–Kier alpha value is -3.00. The standard InChI is InChI=1S/C22H28N4O4/c1-15-25(10-11-26(15)14-30-22(28)29-12-9-23)13-16-7-8-19-20(21(16)27)17-5-3-4-6-18(17)24(19)2/h3-6,10-11,15-16H,7-9,12-14,23H2,1-2H3. The van der Waals surface area contributed by atoms with Crippen molar-refractivity contribution in [3.8, 4) is 0 Å². The molecule has 0 fully saturated rings. The molecule has 2 N–H and O–H groups in total. The van der Waals surface area contributed by atoms with Gasteiger partial charge in [0.15, 0.2) is 12.5 Å². The van der Waals surface area contributed by atoms with E-state index in [9.17, 15) is 9.59 Å². The van der Waals surface area contributed by atoms with Crippen LogP contribution in [0.5, 0.6) is 0 Å². The van der Waals surface area contributed by atoms with Crippen LogP contribution < -0.4 is 5.73 Å². The predicted octanol–water partition coefficient (Wildman–Crippen LogP) is 2.43. The topological polar surface area (TPSA) is 90.0 Å². The van der Waals surface area contributed by atoms with Gasteiger partial charge in [-0.25, -0.2) is 4.79 Å². The Balaban J connectivity index is 1.40. The molecule has 30 heavy (non-hydrogen) atoms. The number of carbonyl (C=O) groups is 2. The van der Waals surface area contributed by atoms with Gasteiger partial charge in [-0.1, -0.05) is 18.2 Å². The van der Waals surface area contributed by atoms with Crippen molar-refractivity contribution >= 4 is 22.8 Å². The number of ether oxygens (including phenoxy) is 2. The summed E-state index contributed by atoms with van der Waals surface area (Å²) in [5.41, 5.74) is 8.43. The van der Waals surface area contributed by atoms with Crippen LogP contribution in [-0.4, -0.2) is 58.9 Å². The second kappa shape index (κ2) is 8.39. The van der Waals surface area contributed by atoms with Crippen molar-refractivity contribution in [2.45, 2.75) is 25.9 Å². The molecule has 1 aromatic carbocycles. The second-order valence-electron chi connectivity index (χ2n) is 7.80. The summed E-state index contributed by atoms with van der Waals surface area (Å²) in [7, 11) is 2.04. The van der Waals surface area contributed by atoms with E-state index in [1.54, 1.807) is 0 Å². The number of carbonyl (C=O) groups excluding carboxylic acids is 2. The van der Waals surface area contributed by atoms with Crippen LogP contribution in [0.2, 0.25) is 0 Å². The van der Waals surface area contributed by atoms with Gasteiger partial charge in [0.1, 0.15) is 12.8 Å². The van der Waals surface area contributed by atoms with E-state index < -0.39 is 6.16 Å². The second-order valence-corrected chi connectivity index (χ2v) is 7.80. The molecule has 1 aliphatic carbocycles. The highest BCUT2D eigenvalue weighted by Crippen LogP contribution is 2.34. The molecule has 2 aromatic rings. The molecule has 4 rings (SSSR count). The first kappa shape index (κ1) is 20.3. The molecule has 0 saturated carbocycles. The van der Waals surface area contributed by atoms with E-state index in [0.29, 0.717) is 6.54 Å². The predicted molar refractivity (Wildman–Crippen MR) is 113 cm³/mol. The molecule has 2 aliphatic rings. The normalized spacial score (nSPS) is 20.7. The first-order valence-electron chi connectivity index (χ1n) is 10.3. The first-order chi connectivity index (χ1) is 14.5. The maximum Gasteiger partial charge on any atom is 0.510 e. The lowest BCUT2D eigenvalue weighted by molar-refractivity contribution is 0.00648. The minimum Gasteiger partial charge on any atom is -0.433 e. The Morgan fingerprint density at radius 2 is 1.97 bits per heavy atom. The molecule has 0 bridgehead atoms. The number of nitrogens with zero attached hydrogens (tertiary/aromatic N) is 3. The maximum atomic E-state index is 13.4. The van der Waals surface area contributed by atoms with Gasteiger partial charge < -0.3 is 29.6 Å². The molecule has 0 spiro atoms. The van der Waals surface area contributed by atoms with Gasteiger partial charge in [-0.15, -0.1) is 0 Å². The summed E-state index contributed by atoms with van der Waals surface area (Å²) in [5.74, 6) is 0.152. The van der Waals surface area contributed by atoms with Crippen LogP contribution in [0.4, 0.5) is 4.79 Å². The number of para-hydroxylation sites is 1. The number of aryl methyl sites for hydroxylation is 1. The van der Waals surface area contributed by atoms with Crippen molar-refractivity contribution in [1.82, 2.24) is 14.4 Å². The highest BCUT2D eigenvalue weighted by molar-refractivity contribution is 6.11. The molecule has 2 heterocycles. The zero-order valence-electron chi connectivity index (χ0n) is 17.4. The monoisotopic (exact) mass is 412 g/mol. The third kappa shape index (κ3) is 3.63. The summed E-state index contributed by atoms with van der Waals surface area (Å²) in [4.78, 5) is 28.9. The van der Waals surface area contributed by atoms with Crippen LogP contribution in [-0.2, 0) is 22.9 Å². The maximum absolute atomic E-state index is 13.4. The molecular formula is C22H28N4O4. The lowest BCUT2D eigenvalue weighted by Crippen LogP contribution is -2.42. The van der Waals surface area contributed by atoms with E-state index in [2.05, 4.69) is 15.5 Å². The minimum atomic E-state index is -0.731. The molecule has 0 saturated heterocycles. The Bertz CT molecular complexity index is 983. The molecule has 2 atom stereocenters. The molecular weight excluding hydrogens is 384 g/mol. The molecule has 1 aliphatic heterocycles. The zero-order chi connectivity index (χ0) is 21.3. The highest BCUT2D eigenvalue weighted by atomic mass is 16.7. The van der Waals surface area contributed by atoms with Crippen molar-refractivity contribution in [1.29, 1.82) is 0 Å². The van der Waals surface area contributed by atoms with Gasteiger partial charge in [0.2, 0.25) is 0 Å². The lowest BCUT2D eigenvalue weighted by atomic mass is 9.84. The number of ketones is 1. The zero-order valence-corrected chi connectivity index (χ0v) is 17.4. The van der Waals surface area contributed by atoms with Gasteiger partial charge in [0.25, 0.3) is 0 Å². The average molecular weight is 412 g/mol. The van der Waals surface area contributed by atoms with Crippen molar-refractivity contribution in [2.75, 3.05) is 26.4 Å². The fourth-order valence-corrected chi connectivity index (χ4v) is 4.37. The lowest BCUT2D eigenvalue weighted by Gasteiger charge is -2.32. The van der Waals surface area contributed by atoms with Gasteiger partial charge in [0.05, 0.1) is 0 Å². The van der Waals surface area contributed by atoms with Crippen LogP contribution in [0.3, 0.4) is 0 Å². The number of benzene rings is 1. The molecule has 160 valence electrons. The molecule has 2 unspecified atom stereocenters. The van der Waals surface area contributed by atoms with E-state index >= 15 is 0 Å². The van der Waals surface area contributed by atoms with E-state index in [-0.39, 0.29) is 37.7 Å². The van der Waals surface area contributed by atoms with E-state index in [4.69, 9.17) is 15.2 Å². The van der Waals surface area contributed by atoms with Gasteiger partial charge in [-0.3, -0.25) is 4.79 Å². The summed E-state index contributed by atoms with van der Waals surface area (Å²) >= 11 is 0. The van der Waals surface area contributed by atoms with Gasteiger partial charge in [0, 0.05) is 60.6 Å². The molecule has 0 amide bonds. The van der Waals surface area contributed by atoms with Crippen LogP contribution in [0.15, 0.2) is 36.7 Å². The minimum absolute atomic E-state index is 0.0194. The Morgan fingerprint density at radius 3 is 2.77 bits per heavy atom. The highest BCUT2D eigenvalue weighted by Gasteiger charge is 2.34. The summed E-state index contributed by atoms with van der Waals surface area (Å²) in [6.45, 7) is 3.13. The molecule has 1 aromatic heterocycles. The fraction of sp³-hybridized carbons (Fsp3) is 0.455. The number of hydrogen-bond acceptors (Lipinski definition) is 7. The van der Waals surface area contributed by atoms with Crippen molar-refractivity contribution in [3.63, 3.8) is 0 Å². The summed E-state index contributed by atoms with van der Waals surface area (Å²) < 4.78 is 12.1. The number of Topliss-reactive ketones (excluding diaryl/α,β-unsaturated/α-hetero) is 1. The Labute approximate surface area is 175 Å². The molecule has 8 heteroatoms. The largest absolute Gasteiger partial charge is 0.510 e. The smallest absolute Gasteiger partial charge is 0.433 e. The van der Waals surface area contributed by atoms with Crippen molar-refractivity contribution < 1.29 is 19.1 Å². The molecule has 0 radical (unpaired) electrons. The first-order valence-corrected chi connectivity index (χ1v) is 10.3. The third-order valence-electron chi connectivity index (χ3n) is 6.08. The van der Waals surface area contributed by atoms with E-state index in [1.165, 1.54) is 0 Å². The van der Waals surface area contributed by atoms with Crippen molar-refractivity contribution in [2.24, 2.45) is 18.7 Å². The number of nitrogens with two attached hydrogens (primary N) is 1. The van der Waals surface area contributed by atoms with Crippen LogP contribution >= 0.6 is 0 Å². The number of fused-ring (bicyclic) bond motifs is 3. The van der Waals surface area contributed by atoms with Crippen LogP contribution in [0, 0.1) is 5.92 Å². The fourth-order valence-electron chi connectivity index (χ4n) is 4.37. The average Bonchev–Trinajstić information content (AvgIpc) is 3.25. The Morgan fingerprint density at radius 1 is 1.20 bits per heavy atom. The SMILES string of the molecule is CC1N(COC(=O)OCCN)C=CN1CC1CCc2c(c3ccccc3n2C)C1=O. The summed E-state index contributed by atoms with van der Waals surface area (Å²) in [6.07, 6.45) is 4.79. The summed E-state index contributed by atoms with van der Waals surface area (Å²) in [5, 5.41) is 1.04. The number of hydrogen-bond donors (Lipinski definition) is 1. The number of rotatable bonds is 6. The van der Waals surface area contributed by atoms with Gasteiger partial charge in [-0.2, -0.15) is 0 Å². The van der Waals surface area contributed by atoms with Gasteiger partial charge >= 0.3 is 6.16 Å². The third-order valence-corrected chi connectivity index (χ3v) is 6.08. The number of aromatic nitrogens is 1.